The van der Waals surface area contributed by atoms with Gasteiger partial charge in [0, 0.05) is 6.42 Å². The Morgan fingerprint density at radius 1 is 0.653 bits per heavy atom. The van der Waals surface area contributed by atoms with Crippen LogP contribution in [0.25, 0.3) is 0 Å². The first-order valence-corrected chi connectivity index (χ1v) is 32.3. The molecule has 1 unspecified atom stereocenters. The van der Waals surface area contributed by atoms with Crippen molar-refractivity contribution >= 4 is 88.6 Å². The number of amides is 10. The summed E-state index contributed by atoms with van der Waals surface area (Å²) in [7, 11) is 1.06. The lowest BCUT2D eigenvalue weighted by Crippen LogP contribution is -2.62. The number of methoxy groups -OCH3 is 1. The van der Waals surface area contributed by atoms with Crippen LogP contribution in [0, 0.1) is 0 Å². The molecule has 2 rings (SSSR count). The summed E-state index contributed by atoms with van der Waals surface area (Å²) in [5.74, 6) is -18.2. The van der Waals surface area contributed by atoms with E-state index in [9.17, 15) is 87.9 Å². The van der Waals surface area contributed by atoms with Gasteiger partial charge in [0.05, 0.1) is 44.1 Å². The Balaban J connectivity index is 2.91. The van der Waals surface area contributed by atoms with Gasteiger partial charge in [0.1, 0.15) is 60.6 Å². The van der Waals surface area contributed by atoms with Crippen LogP contribution in [0.4, 0.5) is 0 Å². The molecular formula is C61H98ClN13O20. The molecule has 34 heteroatoms. The number of rotatable bonds is 32. The fourth-order valence-corrected chi connectivity index (χ4v) is 9.85. The highest BCUT2D eigenvalue weighted by Gasteiger charge is 2.41. The molecule has 13 atom stereocenters. The van der Waals surface area contributed by atoms with Gasteiger partial charge in [-0.3, -0.25) is 47.9 Å². The summed E-state index contributed by atoms with van der Waals surface area (Å²) in [6.07, 6.45) is -0.691. The van der Waals surface area contributed by atoms with Crippen LogP contribution in [0.2, 0.25) is 0 Å². The van der Waals surface area contributed by atoms with Crippen LogP contribution in [0.1, 0.15) is 135 Å². The van der Waals surface area contributed by atoms with Gasteiger partial charge in [-0.15, -0.1) is 11.6 Å². The lowest BCUT2D eigenvalue weighted by Gasteiger charge is -2.29. The second kappa shape index (κ2) is 45.5. The Morgan fingerprint density at radius 3 is 1.73 bits per heavy atom. The summed E-state index contributed by atoms with van der Waals surface area (Å²) in [5, 5.41) is 75.9. The van der Waals surface area contributed by atoms with Crippen LogP contribution in [0.3, 0.4) is 0 Å². The molecule has 95 heavy (non-hydrogen) atoms. The van der Waals surface area contributed by atoms with Crippen molar-refractivity contribution in [3.63, 3.8) is 0 Å². The van der Waals surface area contributed by atoms with Crippen LogP contribution in [0.5, 0.6) is 0 Å². The van der Waals surface area contributed by atoms with E-state index in [2.05, 4.69) is 49.5 Å². The van der Waals surface area contributed by atoms with Crippen molar-refractivity contribution in [2.45, 2.75) is 215 Å². The van der Waals surface area contributed by atoms with E-state index in [1.54, 1.807) is 30.3 Å². The fraction of sp³-hybridized carbons (Fsp3) is 0.656. The Kier molecular flexibility index (Phi) is 39.8. The molecule has 0 radical (unpaired) electrons. The number of nitrogens with two attached hydrogens (primary N) is 3. The lowest BCUT2D eigenvalue weighted by molar-refractivity contribution is -0.155. The molecule has 0 aliphatic carbocycles. The highest BCUT2D eigenvalue weighted by Crippen LogP contribution is 2.15. The van der Waals surface area contributed by atoms with Crippen molar-refractivity contribution in [2.24, 2.45) is 17.2 Å². The number of cyclic esters (lactones) is 1. The number of halogens is 1. The summed E-state index contributed by atoms with van der Waals surface area (Å²) in [5.41, 5.74) is 17.3. The van der Waals surface area contributed by atoms with Gasteiger partial charge in [-0.25, -0.2) is 14.4 Å². The van der Waals surface area contributed by atoms with Gasteiger partial charge >= 0.3 is 17.9 Å². The molecule has 10 amide bonds. The van der Waals surface area contributed by atoms with Crippen molar-refractivity contribution in [1.82, 2.24) is 53.2 Å². The van der Waals surface area contributed by atoms with Crippen LogP contribution in [-0.2, 0) is 78.2 Å². The molecule has 1 aliphatic rings. The highest BCUT2D eigenvalue weighted by atomic mass is 35.5. The summed E-state index contributed by atoms with van der Waals surface area (Å²) in [6.45, 7) is 2.53. The predicted octanol–water partition coefficient (Wildman–Crippen LogP) is -4.34. The average Bonchev–Trinajstić information content (AvgIpc) is 1.03. The molecule has 0 aromatic heterocycles. The average molecular weight is 1370 g/mol. The fourth-order valence-electron chi connectivity index (χ4n) is 9.68. The molecule has 0 spiro atoms. The van der Waals surface area contributed by atoms with Gasteiger partial charge in [0.15, 0.2) is 12.1 Å². The molecule has 0 saturated carbocycles. The third-order valence-electron chi connectivity index (χ3n) is 15.1. The zero-order chi connectivity index (χ0) is 71.2. The maximum Gasteiger partial charge on any atom is 0.335 e. The number of carboxylic acid groups (broad SMARTS) is 1. The second-order valence-electron chi connectivity index (χ2n) is 22.8. The third kappa shape index (κ3) is 30.6. The maximum absolute atomic E-state index is 14.7. The molecule has 1 saturated heterocycles. The SMILES string of the molecule is C/C=C1/NC(=O)[C@H]([C@H](C)O)NC(=O)[C@H](CCN)NC(=O)[C@H](CCCCN)NC(=O)[C@H](CC(=O)N[C@@H](Cc2ccccc2)C(=O)OC)NC(=O)[C@@H](CCN)NC(=O)[C@@H](NC(=O)C[C@@H](O)CCCCCCCCCCC)COC(=O)[C@H]([C@H](O)CCl)NC(=O)[C@H](C(O)C(=O)O)NC1=O. The quantitative estimate of drug-likeness (QED) is 0.0140. The summed E-state index contributed by atoms with van der Waals surface area (Å²) in [6, 6.07) is -9.07. The van der Waals surface area contributed by atoms with E-state index in [4.69, 9.17) is 38.3 Å². The third-order valence-corrected chi connectivity index (χ3v) is 15.4. The van der Waals surface area contributed by atoms with E-state index in [1.165, 1.54) is 6.92 Å². The number of benzene rings is 1. The van der Waals surface area contributed by atoms with Gasteiger partial charge in [0.25, 0.3) is 5.91 Å². The van der Waals surface area contributed by atoms with E-state index < -0.39 is 193 Å². The number of ether oxygens (including phenoxy) is 2. The van der Waals surface area contributed by atoms with E-state index in [0.717, 1.165) is 71.5 Å². The van der Waals surface area contributed by atoms with Crippen molar-refractivity contribution in [3.05, 3.63) is 47.7 Å². The van der Waals surface area contributed by atoms with Crippen LogP contribution < -0.4 is 70.4 Å². The largest absolute Gasteiger partial charge is 0.479 e. The Morgan fingerprint density at radius 2 is 1.19 bits per heavy atom. The molecule has 534 valence electrons. The Labute approximate surface area is 556 Å². The molecular weight excluding hydrogens is 1270 g/mol. The number of carboxylic acids is 1. The number of hydrogen-bond acceptors (Lipinski definition) is 22. The number of nitrogens with one attached hydrogen (secondary N) is 10. The van der Waals surface area contributed by atoms with Gasteiger partial charge in [-0.05, 0) is 77.6 Å². The summed E-state index contributed by atoms with van der Waals surface area (Å²) >= 11 is 5.92. The van der Waals surface area contributed by atoms with Crippen molar-refractivity contribution in [1.29, 1.82) is 0 Å². The van der Waals surface area contributed by atoms with Crippen LogP contribution >= 0.6 is 11.6 Å². The van der Waals surface area contributed by atoms with E-state index in [1.807, 2.05) is 10.6 Å². The topological polar surface area (TPSA) is 540 Å². The first-order chi connectivity index (χ1) is 45.2. The van der Waals surface area contributed by atoms with E-state index >= 15 is 0 Å². The highest BCUT2D eigenvalue weighted by molar-refractivity contribution is 6.18. The number of carbonyl (C=O) groups is 13. The van der Waals surface area contributed by atoms with Gasteiger partial charge in [-0.2, -0.15) is 0 Å². The Hall–Kier alpha value is -7.92. The standard InChI is InChI=1S/C61H98ClN13O20/c1-5-7-8-9-10-11-12-13-17-22-36(77)30-45(79)67-43-33-95-61(93)48(44(78)32-62)74-58(89)49(50(81)59(90)91)75-51(82)37(6-2)68-57(88)47(34(3)76)73-54(85)40(25-28-65)70-52(83)38(23-18-19-26-63)69-55(86)41(72-53(84)39(24-27-64)71-56(43)87)31-46(80)66-42(60(92)94-4)29-35-20-15-14-16-21-35/h6,14-16,20-21,34,36,38-44,47-50,76-78,81H,5,7-13,17-19,22-33,63-65H2,1-4H3,(H,66,80)(H,67,79)(H,68,88)(H,69,86)(H,70,83)(H,71,87)(H,72,84)(H,73,85)(H,74,89)(H,75,82)(H,90,91)/b37-6+/t34-,36-,38-,39+,40-,41-,42-,43-,44+,47-,48-,49-,50?/m0/s1. The van der Waals surface area contributed by atoms with E-state index in [-0.39, 0.29) is 58.2 Å². The summed E-state index contributed by atoms with van der Waals surface area (Å²) in [4.78, 5) is 181. The molecule has 1 fully saturated rings. The number of unbranched alkanes of at least 4 members (excludes halogenated alkanes) is 9. The second-order valence-corrected chi connectivity index (χ2v) is 23.1. The first-order valence-electron chi connectivity index (χ1n) is 31.8. The normalized spacial score (nSPS) is 23.1. The molecule has 1 aromatic carbocycles. The zero-order valence-corrected chi connectivity index (χ0v) is 55.0. The minimum Gasteiger partial charge on any atom is -0.479 e. The number of allylic oxidation sites excluding steroid dienone is 1. The molecule has 21 N–H and O–H groups in total. The number of aliphatic hydroxyl groups excluding tert-OH is 4. The smallest absolute Gasteiger partial charge is 0.335 e. The number of carbonyl (C=O) groups excluding carboxylic acids is 12. The van der Waals surface area contributed by atoms with Crippen LogP contribution in [-0.4, -0.2) is 221 Å². The molecule has 1 aliphatic heterocycles. The van der Waals surface area contributed by atoms with Crippen molar-refractivity contribution < 1.29 is 97.3 Å². The summed E-state index contributed by atoms with van der Waals surface area (Å²) < 4.78 is 10.3. The molecule has 1 aromatic rings. The molecule has 1 heterocycles. The van der Waals surface area contributed by atoms with Crippen molar-refractivity contribution in [2.75, 3.05) is 39.2 Å². The van der Waals surface area contributed by atoms with Crippen LogP contribution in [0.15, 0.2) is 42.1 Å². The Bertz CT molecular complexity index is 2710. The predicted molar refractivity (Wildman–Crippen MR) is 342 cm³/mol. The van der Waals surface area contributed by atoms with Gasteiger partial charge in [0.2, 0.25) is 53.2 Å². The van der Waals surface area contributed by atoms with E-state index in [0.29, 0.717) is 12.0 Å². The maximum atomic E-state index is 14.7. The molecule has 0 bridgehead atoms. The van der Waals surface area contributed by atoms with Gasteiger partial charge in [-0.1, -0.05) is 101 Å². The van der Waals surface area contributed by atoms with Gasteiger partial charge < -0.3 is 105 Å². The number of alkyl halides is 1. The molecule has 33 nitrogen and oxygen atoms in total. The monoisotopic (exact) mass is 1370 g/mol. The number of aliphatic carboxylic acids is 1. The minimum absolute atomic E-state index is 0.101. The minimum atomic E-state index is -2.85. The number of aliphatic hydroxyl groups is 4. The van der Waals surface area contributed by atoms with Crippen molar-refractivity contribution in [3.8, 4) is 0 Å². The lowest BCUT2D eigenvalue weighted by atomic mass is 10.0. The first kappa shape index (κ1) is 83.2. The zero-order valence-electron chi connectivity index (χ0n) is 54.2. The number of hydrogen-bond donors (Lipinski definition) is 18. The number of esters is 2.